The third-order valence-corrected chi connectivity index (χ3v) is 5.43. The van der Waals surface area contributed by atoms with Gasteiger partial charge in [-0.25, -0.2) is 4.98 Å². The molecular weight excluding hydrogens is 414 g/mol. The van der Waals surface area contributed by atoms with Crippen LogP contribution in [0.25, 0.3) is 22.4 Å². The van der Waals surface area contributed by atoms with Gasteiger partial charge in [-0.05, 0) is 58.7 Å². The fourth-order valence-electron chi connectivity index (χ4n) is 2.73. The smallest absolute Gasteiger partial charge is 0.370 e. The molecule has 0 radical (unpaired) electrons. The highest BCUT2D eigenvalue weighted by molar-refractivity contribution is 7.19. The van der Waals surface area contributed by atoms with Gasteiger partial charge in [-0.2, -0.15) is 0 Å². The van der Waals surface area contributed by atoms with E-state index in [1.54, 1.807) is 18.3 Å². The second kappa shape index (κ2) is 9.80. The van der Waals surface area contributed by atoms with Crippen LogP contribution >= 0.6 is 11.3 Å². The lowest BCUT2D eigenvalue weighted by atomic mass is 9.87. The third-order valence-electron chi connectivity index (χ3n) is 4.45. The molecule has 162 valence electrons. The fraction of sp³-hybridized carbons (Fsp3) is 0.304. The predicted octanol–water partition coefficient (Wildman–Crippen LogP) is 6.00. The molecule has 0 amide bonds. The van der Waals surface area contributed by atoms with Gasteiger partial charge in [-0.3, -0.25) is 0 Å². The Kier molecular flexibility index (Phi) is 7.14. The number of hydrogen-bond acceptors (Lipinski definition) is 7. The van der Waals surface area contributed by atoms with Crippen LogP contribution in [0.15, 0.2) is 42.6 Å². The SMILES string of the molecule is CCOCOc1ccc2nc(/C=C/C=C/c3cc(C(C)(C)C)cnc3[N+](=O)[O-])sc2c1. The zero-order valence-corrected chi connectivity index (χ0v) is 18.8. The predicted molar refractivity (Wildman–Crippen MR) is 124 cm³/mol. The summed E-state index contributed by atoms with van der Waals surface area (Å²) in [4.78, 5) is 19.5. The van der Waals surface area contributed by atoms with E-state index in [1.165, 1.54) is 11.3 Å². The number of pyridine rings is 1. The second-order valence-electron chi connectivity index (χ2n) is 7.80. The van der Waals surface area contributed by atoms with Gasteiger partial charge in [0.05, 0.1) is 15.8 Å². The van der Waals surface area contributed by atoms with E-state index in [0.717, 1.165) is 26.5 Å². The first-order chi connectivity index (χ1) is 14.8. The van der Waals surface area contributed by atoms with Gasteiger partial charge < -0.3 is 19.6 Å². The largest absolute Gasteiger partial charge is 0.468 e. The van der Waals surface area contributed by atoms with Crippen LogP contribution in [0.3, 0.4) is 0 Å². The van der Waals surface area contributed by atoms with Crippen LogP contribution in [0.5, 0.6) is 5.75 Å². The molecule has 2 heterocycles. The van der Waals surface area contributed by atoms with Crippen molar-refractivity contribution in [3.8, 4) is 5.75 Å². The lowest BCUT2D eigenvalue weighted by molar-refractivity contribution is -0.389. The lowest BCUT2D eigenvalue weighted by Crippen LogP contribution is -2.12. The Morgan fingerprint density at radius 2 is 1.97 bits per heavy atom. The van der Waals surface area contributed by atoms with Crippen molar-refractivity contribution < 1.29 is 14.4 Å². The monoisotopic (exact) mass is 439 g/mol. The molecule has 1 aromatic carbocycles. The number of aromatic nitrogens is 2. The van der Waals surface area contributed by atoms with Crippen molar-refractivity contribution in [3.05, 3.63) is 68.9 Å². The van der Waals surface area contributed by atoms with Crippen LogP contribution in [-0.4, -0.2) is 28.3 Å². The van der Waals surface area contributed by atoms with Crippen molar-refractivity contribution in [1.82, 2.24) is 9.97 Å². The summed E-state index contributed by atoms with van der Waals surface area (Å²) < 4.78 is 11.8. The fourth-order valence-corrected chi connectivity index (χ4v) is 3.64. The maximum absolute atomic E-state index is 11.3. The number of rotatable bonds is 8. The van der Waals surface area contributed by atoms with Crippen molar-refractivity contribution >= 4 is 39.5 Å². The van der Waals surface area contributed by atoms with Gasteiger partial charge in [0.2, 0.25) is 0 Å². The number of ether oxygens (including phenoxy) is 2. The molecule has 3 rings (SSSR count). The highest BCUT2D eigenvalue weighted by atomic mass is 32.1. The molecular formula is C23H25N3O4S. The first kappa shape index (κ1) is 22.6. The van der Waals surface area contributed by atoms with Crippen LogP contribution in [0, 0.1) is 10.1 Å². The summed E-state index contributed by atoms with van der Waals surface area (Å²) in [6, 6.07) is 7.53. The maximum atomic E-state index is 11.3. The average molecular weight is 440 g/mol. The van der Waals surface area contributed by atoms with Gasteiger partial charge in [-0.1, -0.05) is 32.9 Å². The summed E-state index contributed by atoms with van der Waals surface area (Å²) in [5, 5.41) is 12.1. The number of allylic oxidation sites excluding steroid dienone is 2. The Bertz CT molecular complexity index is 1130. The van der Waals surface area contributed by atoms with E-state index in [9.17, 15) is 10.1 Å². The molecule has 0 N–H and O–H groups in total. The molecule has 0 atom stereocenters. The summed E-state index contributed by atoms with van der Waals surface area (Å²) in [7, 11) is 0. The third kappa shape index (κ3) is 5.96. The molecule has 0 saturated carbocycles. The van der Waals surface area contributed by atoms with E-state index in [-0.39, 0.29) is 18.0 Å². The Hall–Kier alpha value is -3.10. The Balaban J connectivity index is 1.76. The summed E-state index contributed by atoms with van der Waals surface area (Å²) in [5.74, 6) is 0.579. The molecule has 0 aliphatic carbocycles. The summed E-state index contributed by atoms with van der Waals surface area (Å²) in [5.41, 5.74) is 2.15. The van der Waals surface area contributed by atoms with Crippen LogP contribution in [-0.2, 0) is 10.2 Å². The van der Waals surface area contributed by atoms with Gasteiger partial charge in [0.15, 0.2) is 6.79 Å². The summed E-state index contributed by atoms with van der Waals surface area (Å²) in [6.07, 6.45) is 8.72. The molecule has 0 spiro atoms. The number of nitro groups is 1. The van der Waals surface area contributed by atoms with Crippen molar-refractivity contribution in [2.75, 3.05) is 13.4 Å². The van der Waals surface area contributed by atoms with E-state index in [2.05, 4.69) is 9.97 Å². The van der Waals surface area contributed by atoms with Crippen molar-refractivity contribution in [3.63, 3.8) is 0 Å². The van der Waals surface area contributed by atoms with E-state index in [1.807, 2.05) is 64.1 Å². The molecule has 0 aliphatic rings. The zero-order valence-electron chi connectivity index (χ0n) is 18.0. The first-order valence-electron chi connectivity index (χ1n) is 9.88. The molecule has 0 saturated heterocycles. The highest BCUT2D eigenvalue weighted by Crippen LogP contribution is 2.28. The number of nitrogens with zero attached hydrogens (tertiary/aromatic N) is 3. The zero-order chi connectivity index (χ0) is 22.4. The normalized spacial score (nSPS) is 12.3. The number of hydrogen-bond donors (Lipinski definition) is 0. The highest BCUT2D eigenvalue weighted by Gasteiger charge is 2.21. The van der Waals surface area contributed by atoms with Crippen molar-refractivity contribution in [2.24, 2.45) is 0 Å². The average Bonchev–Trinajstić information content (AvgIpc) is 3.12. The van der Waals surface area contributed by atoms with E-state index < -0.39 is 4.92 Å². The van der Waals surface area contributed by atoms with Crippen LogP contribution < -0.4 is 4.74 Å². The lowest BCUT2D eigenvalue weighted by Gasteiger charge is -2.17. The molecule has 0 bridgehead atoms. The van der Waals surface area contributed by atoms with E-state index in [4.69, 9.17) is 9.47 Å². The molecule has 0 fully saturated rings. The molecule has 0 unspecified atom stereocenters. The number of thiazole rings is 1. The van der Waals surface area contributed by atoms with Crippen molar-refractivity contribution in [2.45, 2.75) is 33.1 Å². The minimum absolute atomic E-state index is 0.146. The molecule has 8 heteroatoms. The van der Waals surface area contributed by atoms with Crippen molar-refractivity contribution in [1.29, 1.82) is 0 Å². The molecule has 31 heavy (non-hydrogen) atoms. The Morgan fingerprint density at radius 3 is 2.68 bits per heavy atom. The standard InChI is InChI=1S/C23H25N3O4S/c1-5-29-15-30-18-10-11-19-20(13-18)31-21(25-19)9-7-6-8-16-12-17(23(2,3)4)14-24-22(16)26(27)28/h6-14H,5,15H2,1-4H3/b8-6+,9-7+. The molecule has 2 aromatic heterocycles. The summed E-state index contributed by atoms with van der Waals surface area (Å²) >= 11 is 1.54. The molecule has 3 aromatic rings. The van der Waals surface area contributed by atoms with Gasteiger partial charge in [-0.15, -0.1) is 11.3 Å². The van der Waals surface area contributed by atoms with E-state index >= 15 is 0 Å². The maximum Gasteiger partial charge on any atom is 0.370 e. The molecule has 7 nitrogen and oxygen atoms in total. The summed E-state index contributed by atoms with van der Waals surface area (Å²) in [6.45, 7) is 8.87. The van der Waals surface area contributed by atoms with Crippen LogP contribution in [0.1, 0.15) is 43.8 Å². The minimum atomic E-state index is -0.464. The Labute approximate surface area is 185 Å². The second-order valence-corrected chi connectivity index (χ2v) is 8.86. The van der Waals surface area contributed by atoms with Gasteiger partial charge >= 0.3 is 5.82 Å². The van der Waals surface area contributed by atoms with Gasteiger partial charge in [0.1, 0.15) is 17.0 Å². The topological polar surface area (TPSA) is 87.4 Å². The number of benzene rings is 1. The van der Waals surface area contributed by atoms with Crippen LogP contribution in [0.2, 0.25) is 0 Å². The van der Waals surface area contributed by atoms with E-state index in [0.29, 0.717) is 12.2 Å². The number of fused-ring (bicyclic) bond motifs is 1. The van der Waals surface area contributed by atoms with Gasteiger partial charge in [0, 0.05) is 12.2 Å². The minimum Gasteiger partial charge on any atom is -0.468 e. The van der Waals surface area contributed by atoms with Crippen LogP contribution in [0.4, 0.5) is 5.82 Å². The quantitative estimate of drug-likeness (QED) is 0.141. The molecule has 0 aliphatic heterocycles. The van der Waals surface area contributed by atoms with Gasteiger partial charge in [0.25, 0.3) is 0 Å². The first-order valence-corrected chi connectivity index (χ1v) is 10.7. The Morgan fingerprint density at radius 1 is 1.19 bits per heavy atom.